The Kier molecular flexibility index (Phi) is 11.2. The van der Waals surface area contributed by atoms with Crippen molar-refractivity contribution < 1.29 is 28.9 Å². The summed E-state index contributed by atoms with van der Waals surface area (Å²) in [6, 6.07) is 0. The molecule has 11 atom stereocenters. The molecule has 0 radical (unpaired) electrons. The maximum absolute atomic E-state index is 13.5. The first-order chi connectivity index (χ1) is 24.1. The van der Waals surface area contributed by atoms with Gasteiger partial charge in [-0.25, -0.2) is 0 Å². The first-order valence-electron chi connectivity index (χ1n) is 20.5. The summed E-state index contributed by atoms with van der Waals surface area (Å²) in [7, 11) is 0. The molecule has 0 spiro atoms. The van der Waals surface area contributed by atoms with Crippen molar-refractivity contribution in [3.63, 3.8) is 0 Å². The molecule has 0 aromatic rings. The summed E-state index contributed by atoms with van der Waals surface area (Å²) < 4.78 is 19.8. The number of esters is 1. The second-order valence-electron chi connectivity index (χ2n) is 19.1. The number of carbonyl (C=O) groups excluding carboxylic acids is 1. The molecule has 2 saturated heterocycles. The number of carboxylic acid groups (broad SMARTS) is 1. The molecule has 6 aliphatic rings. The van der Waals surface area contributed by atoms with E-state index in [2.05, 4.69) is 64.3 Å². The van der Waals surface area contributed by atoms with Crippen LogP contribution < -0.4 is 5.73 Å². The largest absolute Gasteiger partial charge is 0.481 e. The first kappa shape index (κ1) is 39.2. The van der Waals surface area contributed by atoms with Crippen molar-refractivity contribution in [1.29, 1.82) is 0 Å². The molecule has 2 heterocycles. The van der Waals surface area contributed by atoms with Crippen LogP contribution in [-0.2, 0) is 23.8 Å². The van der Waals surface area contributed by atoms with Crippen molar-refractivity contribution in [3.05, 3.63) is 11.6 Å². The van der Waals surface area contributed by atoms with E-state index in [1.807, 2.05) is 0 Å². The molecule has 290 valence electrons. The molecule has 6 rings (SSSR count). The Labute approximate surface area is 308 Å². The van der Waals surface area contributed by atoms with Crippen molar-refractivity contribution >= 4 is 11.9 Å². The predicted octanol–water partition coefficient (Wildman–Crippen LogP) is 6.25. The van der Waals surface area contributed by atoms with Crippen molar-refractivity contribution in [2.75, 3.05) is 65.6 Å². The average molecular weight is 714 g/mol. The van der Waals surface area contributed by atoms with Crippen LogP contribution in [0, 0.1) is 56.7 Å². The van der Waals surface area contributed by atoms with Crippen molar-refractivity contribution in [2.24, 2.45) is 62.4 Å². The summed E-state index contributed by atoms with van der Waals surface area (Å²) in [6.07, 6.45) is 9.48. The summed E-state index contributed by atoms with van der Waals surface area (Å²) in [5, 5.41) is 11.1. The summed E-state index contributed by atoms with van der Waals surface area (Å²) in [6.45, 7) is 26.5. The van der Waals surface area contributed by atoms with Crippen LogP contribution in [0.3, 0.4) is 0 Å². The van der Waals surface area contributed by atoms with Crippen LogP contribution >= 0.6 is 0 Å². The first-order valence-corrected chi connectivity index (χ1v) is 20.5. The molecular weight excluding hydrogens is 642 g/mol. The Hall–Kier alpha value is -1.52. The number of piperazine rings is 1. The van der Waals surface area contributed by atoms with Gasteiger partial charge >= 0.3 is 11.9 Å². The number of carboxylic acids is 1. The second-order valence-corrected chi connectivity index (χ2v) is 19.1. The Morgan fingerprint density at radius 2 is 1.69 bits per heavy atom. The van der Waals surface area contributed by atoms with Crippen LogP contribution in [0.15, 0.2) is 11.6 Å². The monoisotopic (exact) mass is 714 g/mol. The summed E-state index contributed by atoms with van der Waals surface area (Å²) in [5.41, 5.74) is 6.01. The number of hydrogen-bond acceptors (Lipinski definition) is 8. The topological polar surface area (TPSA) is 115 Å². The molecule has 3 saturated carbocycles. The minimum Gasteiger partial charge on any atom is -0.481 e. The SMILES string of the molecule is CC(=O)O[C@@H]1C[C@@]23CCOCC(C)(C2CC[C@H]2C3=CC[C@@]3(C)[C@H](C(=O)O)[C@@](C)([C@H](C)C(C)C)CC[C@]23C)[C@H]1OCCN1CCN(CCCN)CC1. The Morgan fingerprint density at radius 3 is 2.31 bits per heavy atom. The van der Waals surface area contributed by atoms with Gasteiger partial charge in [0.25, 0.3) is 0 Å². The number of ether oxygens (including phenoxy) is 3. The normalized spacial score (nSPS) is 43.6. The molecule has 3 N–H and O–H groups in total. The highest BCUT2D eigenvalue weighted by Gasteiger charge is 2.71. The Balaban J connectivity index is 1.29. The molecule has 0 aromatic carbocycles. The number of aliphatic carboxylic acids is 1. The van der Waals surface area contributed by atoms with Gasteiger partial charge in [-0.15, -0.1) is 0 Å². The Morgan fingerprint density at radius 1 is 1.00 bits per heavy atom. The van der Waals surface area contributed by atoms with Crippen molar-refractivity contribution in [1.82, 2.24) is 9.80 Å². The fourth-order valence-electron chi connectivity index (χ4n) is 13.3. The summed E-state index contributed by atoms with van der Waals surface area (Å²) in [4.78, 5) is 31.2. The highest BCUT2D eigenvalue weighted by atomic mass is 16.6. The van der Waals surface area contributed by atoms with Gasteiger partial charge in [-0.2, -0.15) is 0 Å². The van der Waals surface area contributed by atoms with Gasteiger partial charge in [0.05, 0.1) is 19.1 Å². The van der Waals surface area contributed by atoms with Gasteiger partial charge < -0.3 is 30.0 Å². The molecule has 0 amide bonds. The molecule has 2 unspecified atom stereocenters. The lowest BCUT2D eigenvalue weighted by molar-refractivity contribution is -0.223. The molecule has 4 aliphatic carbocycles. The third kappa shape index (κ3) is 6.44. The fraction of sp³-hybridized carbons (Fsp3) is 0.905. The maximum atomic E-state index is 13.5. The zero-order valence-corrected chi connectivity index (χ0v) is 33.3. The van der Waals surface area contributed by atoms with Gasteiger partial charge in [-0.3, -0.25) is 14.5 Å². The summed E-state index contributed by atoms with van der Waals surface area (Å²) >= 11 is 0. The molecule has 2 aliphatic heterocycles. The molecule has 9 heteroatoms. The van der Waals surface area contributed by atoms with E-state index in [-0.39, 0.29) is 45.3 Å². The minimum atomic E-state index is -0.626. The van der Waals surface area contributed by atoms with Crippen LogP contribution in [-0.4, -0.2) is 105 Å². The van der Waals surface area contributed by atoms with Gasteiger partial charge in [0.15, 0.2) is 0 Å². The molecule has 51 heavy (non-hydrogen) atoms. The van der Waals surface area contributed by atoms with E-state index in [9.17, 15) is 14.7 Å². The van der Waals surface area contributed by atoms with Crippen LogP contribution in [0.25, 0.3) is 0 Å². The zero-order valence-electron chi connectivity index (χ0n) is 33.3. The van der Waals surface area contributed by atoms with Crippen LogP contribution in [0.1, 0.15) is 107 Å². The van der Waals surface area contributed by atoms with Gasteiger partial charge in [0.2, 0.25) is 0 Å². The predicted molar refractivity (Wildman–Crippen MR) is 200 cm³/mol. The highest BCUT2D eigenvalue weighted by Crippen LogP contribution is 2.75. The minimum absolute atomic E-state index is 0.141. The van der Waals surface area contributed by atoms with E-state index in [4.69, 9.17) is 19.9 Å². The van der Waals surface area contributed by atoms with Crippen LogP contribution in [0.2, 0.25) is 0 Å². The standard InChI is InChI=1S/C42H71N3O6/c1-28(2)29(3)38(5)14-15-40(7)31-10-11-34-39(6)27-49-24-16-42(34,32(31)12-13-41(40,8)35(38)37(47)48)26-33(51-30(4)46)36(39)50-25-23-45-21-19-44(20-22-45)18-9-17-43/h12,28-29,31,33-36H,9-11,13-27,43H2,1-8H3,(H,47,48)/t29-,31+,33-,34?,35-,36+,38-,39?,40-,41+,42-/m1/s1. The number of nitrogens with zero attached hydrogens (tertiary/aromatic N) is 2. The average Bonchev–Trinajstić information content (AvgIpc) is 3.18. The second kappa shape index (κ2) is 14.6. The summed E-state index contributed by atoms with van der Waals surface area (Å²) in [5.74, 6) is 0.0840. The molecule has 2 bridgehead atoms. The number of hydrogen-bond donors (Lipinski definition) is 2. The van der Waals surface area contributed by atoms with Gasteiger partial charge in [0.1, 0.15) is 12.2 Å². The van der Waals surface area contributed by atoms with E-state index in [0.717, 1.165) is 97.2 Å². The number of carbonyl (C=O) groups is 2. The number of nitrogens with two attached hydrogens (primary N) is 1. The van der Waals surface area contributed by atoms with Gasteiger partial charge in [0, 0.05) is 57.1 Å². The quantitative estimate of drug-likeness (QED) is 0.190. The van der Waals surface area contributed by atoms with E-state index in [0.29, 0.717) is 43.5 Å². The lowest BCUT2D eigenvalue weighted by Gasteiger charge is -2.70. The maximum Gasteiger partial charge on any atom is 0.307 e. The zero-order chi connectivity index (χ0) is 37.0. The molecule has 0 aromatic heterocycles. The molecule has 9 nitrogen and oxygen atoms in total. The van der Waals surface area contributed by atoms with Crippen LogP contribution in [0.4, 0.5) is 0 Å². The van der Waals surface area contributed by atoms with E-state index >= 15 is 0 Å². The fourth-order valence-corrected chi connectivity index (χ4v) is 13.3. The number of rotatable bonds is 11. The molecular formula is C42H71N3O6. The van der Waals surface area contributed by atoms with Crippen molar-refractivity contribution in [3.8, 4) is 0 Å². The van der Waals surface area contributed by atoms with Gasteiger partial charge in [-0.05, 0) is 104 Å². The van der Waals surface area contributed by atoms with Crippen molar-refractivity contribution in [2.45, 2.75) is 119 Å². The highest BCUT2D eigenvalue weighted by molar-refractivity contribution is 5.73. The van der Waals surface area contributed by atoms with E-state index in [1.165, 1.54) is 12.5 Å². The lowest BCUT2D eigenvalue weighted by atomic mass is 9.34. The molecule has 5 fully saturated rings. The lowest BCUT2D eigenvalue weighted by Crippen LogP contribution is -2.67. The third-order valence-electron chi connectivity index (χ3n) is 16.6. The number of fused-ring (bicyclic) bond motifs is 3. The third-order valence-corrected chi connectivity index (χ3v) is 16.6. The smallest absolute Gasteiger partial charge is 0.307 e. The van der Waals surface area contributed by atoms with Crippen LogP contribution in [0.5, 0.6) is 0 Å². The number of allylic oxidation sites excluding steroid dienone is 2. The van der Waals surface area contributed by atoms with Gasteiger partial charge in [-0.1, -0.05) is 60.1 Å². The van der Waals surface area contributed by atoms with E-state index in [1.54, 1.807) is 0 Å². The van der Waals surface area contributed by atoms with E-state index < -0.39 is 11.9 Å². The Bertz CT molecular complexity index is 1320.